The Morgan fingerprint density at radius 3 is 2.81 bits per heavy atom. The van der Waals surface area contributed by atoms with E-state index in [1.165, 1.54) is 18.5 Å². The molecule has 6 heteroatoms. The molecule has 21 heavy (non-hydrogen) atoms. The van der Waals surface area contributed by atoms with Crippen molar-refractivity contribution in [1.82, 2.24) is 15.0 Å². The predicted molar refractivity (Wildman–Crippen MR) is 78.8 cm³/mol. The first-order valence-corrected chi connectivity index (χ1v) is 6.31. The number of carbonyl (C=O) groups is 1. The lowest BCUT2D eigenvalue weighted by Gasteiger charge is -2.10. The molecule has 0 saturated carbocycles. The Hall–Kier alpha value is -3.02. The van der Waals surface area contributed by atoms with Gasteiger partial charge in [0.1, 0.15) is 0 Å². The molecular weight excluding hydrogens is 268 g/mol. The van der Waals surface area contributed by atoms with Crippen LogP contribution in [0.3, 0.4) is 0 Å². The van der Waals surface area contributed by atoms with Crippen molar-refractivity contribution in [3.8, 4) is 0 Å². The van der Waals surface area contributed by atoms with Crippen molar-refractivity contribution in [3.63, 3.8) is 0 Å². The van der Waals surface area contributed by atoms with Crippen LogP contribution >= 0.6 is 0 Å². The number of pyridine rings is 1. The van der Waals surface area contributed by atoms with Crippen molar-refractivity contribution in [2.24, 2.45) is 0 Å². The highest BCUT2D eigenvalue weighted by molar-refractivity contribution is 5.95. The molecule has 1 aromatic carbocycles. The molecule has 0 amide bonds. The minimum Gasteiger partial charge on any atom is -0.478 e. The second-order valence-corrected chi connectivity index (χ2v) is 4.57. The number of nitrogens with one attached hydrogen (secondary N) is 1. The van der Waals surface area contributed by atoms with Crippen LogP contribution in [0.5, 0.6) is 0 Å². The van der Waals surface area contributed by atoms with E-state index >= 15 is 0 Å². The first-order valence-electron chi connectivity index (χ1n) is 6.31. The van der Waals surface area contributed by atoms with Crippen LogP contribution in [0, 0.1) is 6.92 Å². The Balaban J connectivity index is 2.05. The van der Waals surface area contributed by atoms with Gasteiger partial charge in [0.05, 0.1) is 28.5 Å². The molecule has 0 radical (unpaired) electrons. The number of aromatic carboxylic acids is 1. The van der Waals surface area contributed by atoms with E-state index < -0.39 is 5.97 Å². The molecule has 0 unspecified atom stereocenters. The number of rotatable bonds is 3. The van der Waals surface area contributed by atoms with Gasteiger partial charge in [-0.25, -0.2) is 4.79 Å². The minimum atomic E-state index is -1.00. The Labute approximate surface area is 120 Å². The fourth-order valence-corrected chi connectivity index (χ4v) is 2.16. The second-order valence-electron chi connectivity index (χ2n) is 4.57. The van der Waals surface area contributed by atoms with Crippen LogP contribution in [-0.2, 0) is 0 Å². The van der Waals surface area contributed by atoms with Gasteiger partial charge in [0.25, 0.3) is 0 Å². The lowest BCUT2D eigenvalue weighted by molar-refractivity contribution is 0.0698. The van der Waals surface area contributed by atoms with Crippen molar-refractivity contribution >= 4 is 28.4 Å². The predicted octanol–water partition coefficient (Wildman–Crippen LogP) is 2.78. The number of nitrogens with zero attached hydrogens (tertiary/aromatic N) is 3. The highest BCUT2D eigenvalue weighted by Gasteiger charge is 2.10. The summed E-state index contributed by atoms with van der Waals surface area (Å²) in [4.78, 5) is 23.7. The molecule has 0 spiro atoms. The van der Waals surface area contributed by atoms with Gasteiger partial charge in [-0.1, -0.05) is 0 Å². The van der Waals surface area contributed by atoms with Crippen molar-refractivity contribution in [3.05, 3.63) is 54.1 Å². The maximum atomic E-state index is 11.2. The Morgan fingerprint density at radius 2 is 2.00 bits per heavy atom. The highest BCUT2D eigenvalue weighted by Crippen LogP contribution is 2.24. The van der Waals surface area contributed by atoms with Crippen LogP contribution in [0.1, 0.15) is 15.9 Å². The molecule has 0 aliphatic carbocycles. The average Bonchev–Trinajstić information content (AvgIpc) is 2.47. The number of fused-ring (bicyclic) bond motifs is 1. The number of aromatic nitrogens is 3. The van der Waals surface area contributed by atoms with Gasteiger partial charge in [-0.2, -0.15) is 0 Å². The molecule has 0 saturated heterocycles. The molecule has 2 N–H and O–H groups in total. The summed E-state index contributed by atoms with van der Waals surface area (Å²) in [6.45, 7) is 1.93. The first kappa shape index (κ1) is 13.0. The standard InChI is InChI=1S/C15H12N4O2/c1-9-6-10(7-12-14(9)18-5-4-17-12)19-13-8-16-3-2-11(13)15(20)21/h2-8,19H,1H3,(H,20,21). The summed E-state index contributed by atoms with van der Waals surface area (Å²) in [6.07, 6.45) is 6.20. The third kappa shape index (κ3) is 2.51. The number of hydrogen-bond acceptors (Lipinski definition) is 5. The number of hydrogen-bond donors (Lipinski definition) is 2. The molecule has 104 valence electrons. The van der Waals surface area contributed by atoms with Crippen LogP contribution in [0.4, 0.5) is 11.4 Å². The lowest BCUT2D eigenvalue weighted by Crippen LogP contribution is -2.03. The third-order valence-corrected chi connectivity index (χ3v) is 3.09. The van der Waals surface area contributed by atoms with E-state index in [9.17, 15) is 9.90 Å². The topological polar surface area (TPSA) is 88.0 Å². The molecule has 6 nitrogen and oxygen atoms in total. The van der Waals surface area contributed by atoms with Crippen LogP contribution < -0.4 is 5.32 Å². The number of carboxylic acids is 1. The maximum absolute atomic E-state index is 11.2. The average molecular weight is 280 g/mol. The van der Waals surface area contributed by atoms with E-state index in [4.69, 9.17) is 0 Å². The largest absolute Gasteiger partial charge is 0.478 e. The molecule has 0 bridgehead atoms. The van der Waals surface area contributed by atoms with Gasteiger partial charge in [-0.05, 0) is 30.7 Å². The van der Waals surface area contributed by atoms with Crippen molar-refractivity contribution in [1.29, 1.82) is 0 Å². The van der Waals surface area contributed by atoms with E-state index in [1.807, 2.05) is 19.1 Å². The van der Waals surface area contributed by atoms with E-state index in [0.29, 0.717) is 5.69 Å². The molecular formula is C15H12N4O2. The highest BCUT2D eigenvalue weighted by atomic mass is 16.4. The van der Waals surface area contributed by atoms with Crippen molar-refractivity contribution in [2.45, 2.75) is 6.92 Å². The summed E-state index contributed by atoms with van der Waals surface area (Å²) in [6, 6.07) is 5.18. The Kier molecular flexibility index (Phi) is 3.19. The fourth-order valence-electron chi connectivity index (χ4n) is 2.16. The van der Waals surface area contributed by atoms with Crippen LogP contribution in [0.15, 0.2) is 43.0 Å². The summed E-state index contributed by atoms with van der Waals surface area (Å²) in [5.41, 5.74) is 3.89. The van der Waals surface area contributed by atoms with Gasteiger partial charge >= 0.3 is 5.97 Å². The van der Waals surface area contributed by atoms with Gasteiger partial charge in [0.2, 0.25) is 0 Å². The quantitative estimate of drug-likeness (QED) is 0.767. The van der Waals surface area contributed by atoms with Crippen LogP contribution in [0.25, 0.3) is 11.0 Å². The summed E-state index contributed by atoms with van der Waals surface area (Å²) in [5, 5.41) is 12.3. The minimum absolute atomic E-state index is 0.168. The van der Waals surface area contributed by atoms with Gasteiger partial charge in [-0.3, -0.25) is 15.0 Å². The van der Waals surface area contributed by atoms with Crippen molar-refractivity contribution in [2.75, 3.05) is 5.32 Å². The molecule has 3 rings (SSSR count). The summed E-state index contributed by atoms with van der Waals surface area (Å²) < 4.78 is 0. The normalized spacial score (nSPS) is 10.5. The molecule has 2 aromatic heterocycles. The molecule has 0 fully saturated rings. The van der Waals surface area contributed by atoms with E-state index in [-0.39, 0.29) is 5.56 Å². The molecule has 2 heterocycles. The van der Waals surface area contributed by atoms with Gasteiger partial charge in [-0.15, -0.1) is 0 Å². The zero-order valence-electron chi connectivity index (χ0n) is 11.2. The summed E-state index contributed by atoms with van der Waals surface area (Å²) in [5.74, 6) is -1.00. The van der Waals surface area contributed by atoms with Gasteiger partial charge in [0.15, 0.2) is 0 Å². The zero-order valence-corrected chi connectivity index (χ0v) is 11.2. The van der Waals surface area contributed by atoms with E-state index in [0.717, 1.165) is 22.3 Å². The van der Waals surface area contributed by atoms with Crippen LogP contribution in [0.2, 0.25) is 0 Å². The van der Waals surface area contributed by atoms with Gasteiger partial charge < -0.3 is 10.4 Å². The molecule has 0 aliphatic heterocycles. The maximum Gasteiger partial charge on any atom is 0.337 e. The molecule has 0 atom stereocenters. The zero-order chi connectivity index (χ0) is 14.8. The first-order chi connectivity index (χ1) is 10.1. The van der Waals surface area contributed by atoms with Gasteiger partial charge in [0, 0.05) is 24.3 Å². The summed E-state index contributed by atoms with van der Waals surface area (Å²) in [7, 11) is 0. The van der Waals surface area contributed by atoms with E-state index in [2.05, 4.69) is 20.3 Å². The second kappa shape index (κ2) is 5.16. The smallest absolute Gasteiger partial charge is 0.337 e. The third-order valence-electron chi connectivity index (χ3n) is 3.09. The van der Waals surface area contributed by atoms with Crippen molar-refractivity contribution < 1.29 is 9.90 Å². The SMILES string of the molecule is Cc1cc(Nc2cnccc2C(=O)O)cc2nccnc12. The van der Waals surface area contributed by atoms with E-state index in [1.54, 1.807) is 12.4 Å². The lowest BCUT2D eigenvalue weighted by atomic mass is 10.1. The molecule has 0 aliphatic rings. The van der Waals surface area contributed by atoms with Crippen LogP contribution in [-0.4, -0.2) is 26.0 Å². The number of anilines is 2. The number of benzene rings is 1. The Morgan fingerprint density at radius 1 is 1.19 bits per heavy atom. The monoisotopic (exact) mass is 280 g/mol. The number of carboxylic acid groups (broad SMARTS) is 1. The number of aryl methyl sites for hydroxylation is 1. The Bertz CT molecular complexity index is 833. The fraction of sp³-hybridized carbons (Fsp3) is 0.0667. The molecule has 3 aromatic rings. The summed E-state index contributed by atoms with van der Waals surface area (Å²) >= 11 is 0.